The molecule has 29 heavy (non-hydrogen) atoms. The van der Waals surface area contributed by atoms with Gasteiger partial charge in [0.15, 0.2) is 12.0 Å². The van der Waals surface area contributed by atoms with Gasteiger partial charge in [0.2, 0.25) is 17.7 Å². The monoisotopic (exact) mass is 417 g/mol. The van der Waals surface area contributed by atoms with Gasteiger partial charge in [0, 0.05) is 6.54 Å². The molecule has 0 aromatic rings. The van der Waals surface area contributed by atoms with Gasteiger partial charge in [-0.3, -0.25) is 19.4 Å². The lowest BCUT2D eigenvalue weighted by atomic mass is 10.1. The standard InChI is InChI=1S/C16H31N7O6/c1-7(17)12(25)21-8(2)13(26)22-10(5-4-6-20-16(18)19)14(27)23-11(9(3)24)15(28)29/h7-11,24H,4-6,17H2,1-3H3,(H,21,25)(H,22,26)(H,23,27)(H,28,29)(H4,18,19,20). The number of guanidine groups is 1. The van der Waals surface area contributed by atoms with Gasteiger partial charge < -0.3 is 43.4 Å². The van der Waals surface area contributed by atoms with Crippen LogP contribution in [0.3, 0.4) is 0 Å². The molecule has 0 aliphatic rings. The Hall–Kier alpha value is -2.93. The van der Waals surface area contributed by atoms with Crippen molar-refractivity contribution in [3.05, 3.63) is 0 Å². The third kappa shape index (κ3) is 10.3. The highest BCUT2D eigenvalue weighted by Crippen LogP contribution is 2.02. The van der Waals surface area contributed by atoms with E-state index in [0.717, 1.165) is 0 Å². The minimum absolute atomic E-state index is 0.0778. The van der Waals surface area contributed by atoms with Crippen LogP contribution in [0.5, 0.6) is 0 Å². The average Bonchev–Trinajstić information content (AvgIpc) is 2.60. The Balaban J connectivity index is 5.18. The SMILES string of the molecule is CC(N)C(=O)NC(C)C(=O)NC(CCCN=C(N)N)C(=O)NC(C(=O)O)C(C)O. The highest BCUT2D eigenvalue weighted by molar-refractivity contribution is 5.93. The number of aliphatic hydroxyl groups is 1. The maximum absolute atomic E-state index is 12.5. The molecule has 0 aliphatic carbocycles. The van der Waals surface area contributed by atoms with Gasteiger partial charge >= 0.3 is 5.97 Å². The number of amides is 3. The summed E-state index contributed by atoms with van der Waals surface area (Å²) in [4.78, 5) is 51.4. The zero-order valence-electron chi connectivity index (χ0n) is 16.7. The van der Waals surface area contributed by atoms with E-state index in [1.54, 1.807) is 0 Å². The Kier molecular flexibility index (Phi) is 11.2. The normalized spacial score (nSPS) is 15.8. The van der Waals surface area contributed by atoms with Crippen molar-refractivity contribution in [3.63, 3.8) is 0 Å². The summed E-state index contributed by atoms with van der Waals surface area (Å²) >= 11 is 0. The number of aliphatic hydroxyl groups excluding tert-OH is 1. The lowest BCUT2D eigenvalue weighted by molar-refractivity contribution is -0.145. The molecular weight excluding hydrogens is 386 g/mol. The van der Waals surface area contributed by atoms with Crippen LogP contribution < -0.4 is 33.2 Å². The van der Waals surface area contributed by atoms with E-state index in [9.17, 15) is 24.3 Å². The summed E-state index contributed by atoms with van der Waals surface area (Å²) in [5.74, 6) is -3.62. The highest BCUT2D eigenvalue weighted by atomic mass is 16.4. The number of hydrogen-bond donors (Lipinski definition) is 8. The largest absolute Gasteiger partial charge is 0.480 e. The lowest BCUT2D eigenvalue weighted by Crippen LogP contribution is -2.57. The summed E-state index contributed by atoms with van der Waals surface area (Å²) in [7, 11) is 0. The van der Waals surface area contributed by atoms with Crippen molar-refractivity contribution in [2.75, 3.05) is 6.54 Å². The van der Waals surface area contributed by atoms with Crippen LogP contribution in [0.25, 0.3) is 0 Å². The van der Waals surface area contributed by atoms with Crippen molar-refractivity contribution in [3.8, 4) is 0 Å². The highest BCUT2D eigenvalue weighted by Gasteiger charge is 2.30. The molecule has 0 aromatic carbocycles. The van der Waals surface area contributed by atoms with E-state index < -0.39 is 54.0 Å². The first kappa shape index (κ1) is 26.1. The third-order valence-electron chi connectivity index (χ3n) is 3.79. The number of nitrogens with zero attached hydrogens (tertiary/aromatic N) is 1. The minimum atomic E-state index is -1.56. The average molecular weight is 417 g/mol. The van der Waals surface area contributed by atoms with Crippen molar-refractivity contribution >= 4 is 29.7 Å². The Morgan fingerprint density at radius 3 is 2.00 bits per heavy atom. The molecule has 0 aliphatic heterocycles. The molecule has 0 saturated heterocycles. The molecule has 0 heterocycles. The van der Waals surface area contributed by atoms with E-state index in [1.165, 1.54) is 20.8 Å². The van der Waals surface area contributed by atoms with Crippen LogP contribution in [0.1, 0.15) is 33.6 Å². The fraction of sp³-hybridized carbons (Fsp3) is 0.688. The minimum Gasteiger partial charge on any atom is -0.480 e. The van der Waals surface area contributed by atoms with Gasteiger partial charge in [-0.1, -0.05) is 0 Å². The predicted molar refractivity (Wildman–Crippen MR) is 104 cm³/mol. The van der Waals surface area contributed by atoms with Crippen molar-refractivity contribution < 1.29 is 29.4 Å². The van der Waals surface area contributed by atoms with E-state index in [1.807, 2.05) is 0 Å². The summed E-state index contributed by atoms with van der Waals surface area (Å²) in [6.45, 7) is 4.23. The van der Waals surface area contributed by atoms with Crippen LogP contribution >= 0.6 is 0 Å². The van der Waals surface area contributed by atoms with Gasteiger partial charge in [-0.05, 0) is 33.6 Å². The molecule has 0 spiro atoms. The first-order valence-corrected chi connectivity index (χ1v) is 8.99. The summed E-state index contributed by atoms with van der Waals surface area (Å²) in [6.07, 6.45) is -0.990. The summed E-state index contributed by atoms with van der Waals surface area (Å²) < 4.78 is 0. The van der Waals surface area contributed by atoms with E-state index in [-0.39, 0.29) is 18.9 Å². The van der Waals surface area contributed by atoms with Crippen LogP contribution in [-0.4, -0.2) is 76.7 Å². The van der Waals surface area contributed by atoms with Gasteiger partial charge in [0.1, 0.15) is 12.1 Å². The molecule has 11 N–H and O–H groups in total. The number of nitrogens with one attached hydrogen (secondary N) is 3. The molecule has 13 nitrogen and oxygen atoms in total. The van der Waals surface area contributed by atoms with E-state index in [0.29, 0.717) is 6.42 Å². The number of hydrogen-bond acceptors (Lipinski definition) is 7. The topological polar surface area (TPSA) is 235 Å². The zero-order chi connectivity index (χ0) is 22.7. The lowest BCUT2D eigenvalue weighted by Gasteiger charge is -2.24. The molecule has 5 atom stereocenters. The van der Waals surface area contributed by atoms with E-state index in [4.69, 9.17) is 22.3 Å². The maximum Gasteiger partial charge on any atom is 0.328 e. The van der Waals surface area contributed by atoms with Crippen molar-refractivity contribution in [2.24, 2.45) is 22.2 Å². The molecule has 0 aromatic heterocycles. The second-order valence-electron chi connectivity index (χ2n) is 6.59. The summed E-state index contributed by atoms with van der Waals surface area (Å²) in [5.41, 5.74) is 15.9. The van der Waals surface area contributed by atoms with Gasteiger partial charge in [-0.2, -0.15) is 0 Å². The molecule has 0 radical (unpaired) electrons. The molecule has 0 saturated carbocycles. The fourth-order valence-electron chi connectivity index (χ4n) is 2.12. The van der Waals surface area contributed by atoms with Crippen LogP contribution in [0.2, 0.25) is 0 Å². The van der Waals surface area contributed by atoms with Crippen molar-refractivity contribution in [1.82, 2.24) is 16.0 Å². The molecule has 0 fully saturated rings. The maximum atomic E-state index is 12.5. The third-order valence-corrected chi connectivity index (χ3v) is 3.79. The first-order valence-electron chi connectivity index (χ1n) is 8.99. The summed E-state index contributed by atoms with van der Waals surface area (Å²) in [5, 5.41) is 25.6. The second-order valence-corrected chi connectivity index (χ2v) is 6.59. The molecule has 3 amide bonds. The quantitative estimate of drug-likeness (QED) is 0.0885. The van der Waals surface area contributed by atoms with Crippen molar-refractivity contribution in [2.45, 2.75) is 63.9 Å². The smallest absolute Gasteiger partial charge is 0.328 e. The first-order chi connectivity index (χ1) is 13.4. The Labute approximate surface area is 168 Å². The number of carbonyl (C=O) groups is 4. The van der Waals surface area contributed by atoms with Crippen molar-refractivity contribution in [1.29, 1.82) is 0 Å². The van der Waals surface area contributed by atoms with Gasteiger partial charge in [-0.25, -0.2) is 4.79 Å². The number of carboxylic acid groups (broad SMARTS) is 1. The number of nitrogens with two attached hydrogens (primary N) is 3. The van der Waals surface area contributed by atoms with Gasteiger partial charge in [0.25, 0.3) is 0 Å². The molecular formula is C16H31N7O6. The number of carbonyl (C=O) groups excluding carboxylic acids is 3. The van der Waals surface area contributed by atoms with E-state index >= 15 is 0 Å². The summed E-state index contributed by atoms with van der Waals surface area (Å²) in [6, 6.07) is -4.53. The fourth-order valence-corrected chi connectivity index (χ4v) is 2.12. The Morgan fingerprint density at radius 1 is 0.966 bits per heavy atom. The number of aliphatic imine (C=N–C) groups is 1. The molecule has 0 rings (SSSR count). The molecule has 5 unspecified atom stereocenters. The molecule has 0 bridgehead atoms. The zero-order valence-corrected chi connectivity index (χ0v) is 16.7. The van der Waals surface area contributed by atoms with Crippen LogP contribution in [-0.2, 0) is 19.2 Å². The molecule has 166 valence electrons. The van der Waals surface area contributed by atoms with E-state index in [2.05, 4.69) is 20.9 Å². The van der Waals surface area contributed by atoms with Crippen LogP contribution in [0.4, 0.5) is 0 Å². The Bertz CT molecular complexity index is 619. The van der Waals surface area contributed by atoms with Crippen LogP contribution in [0, 0.1) is 0 Å². The number of rotatable bonds is 12. The van der Waals surface area contributed by atoms with Crippen LogP contribution in [0.15, 0.2) is 4.99 Å². The number of carboxylic acids is 1. The predicted octanol–water partition coefficient (Wildman–Crippen LogP) is -3.67. The molecule has 13 heteroatoms. The van der Waals surface area contributed by atoms with Gasteiger partial charge in [-0.15, -0.1) is 0 Å². The van der Waals surface area contributed by atoms with Gasteiger partial charge in [0.05, 0.1) is 12.1 Å². The Morgan fingerprint density at radius 2 is 1.55 bits per heavy atom. The number of aliphatic carboxylic acids is 1. The second kappa shape index (κ2) is 12.5.